The summed E-state index contributed by atoms with van der Waals surface area (Å²) in [6.07, 6.45) is 0. The van der Waals surface area contributed by atoms with Gasteiger partial charge >= 0.3 is 0 Å². The van der Waals surface area contributed by atoms with Gasteiger partial charge in [-0.1, -0.05) is 24.3 Å². The molecule has 0 saturated heterocycles. The molecule has 0 N–H and O–H groups in total. The Hall–Kier alpha value is -1.73. The van der Waals surface area contributed by atoms with Crippen LogP contribution in [0, 0.1) is 0 Å². The Labute approximate surface area is 94.3 Å². The van der Waals surface area contributed by atoms with Gasteiger partial charge in [-0.2, -0.15) is 0 Å². The minimum Gasteiger partial charge on any atom is -0.268 e. The fraction of sp³-hybridized carbons (Fsp3) is 0. The fourth-order valence-corrected chi connectivity index (χ4v) is 2.33. The van der Waals surface area contributed by atoms with E-state index in [0.717, 1.165) is 15.4 Å². The van der Waals surface area contributed by atoms with E-state index in [1.54, 1.807) is 12.1 Å². The monoisotopic (exact) mass is 229 g/mol. The van der Waals surface area contributed by atoms with E-state index in [0.29, 0.717) is 11.1 Å². The number of benzene rings is 2. The molecule has 2 aromatic rings. The van der Waals surface area contributed by atoms with Crippen molar-refractivity contribution in [3.63, 3.8) is 0 Å². The molecule has 2 aromatic carbocycles. The van der Waals surface area contributed by atoms with Crippen molar-refractivity contribution in [2.24, 2.45) is 0 Å². The van der Waals surface area contributed by atoms with Crippen LogP contribution in [0.5, 0.6) is 0 Å². The molecule has 0 bridgehead atoms. The van der Waals surface area contributed by atoms with Crippen LogP contribution in [0.15, 0.2) is 36.4 Å². The van der Waals surface area contributed by atoms with Gasteiger partial charge in [0.25, 0.3) is 11.8 Å². The first-order chi connectivity index (χ1) is 7.70. The van der Waals surface area contributed by atoms with E-state index in [-0.39, 0.29) is 11.8 Å². The molecule has 0 aromatic heterocycles. The molecule has 1 atom stereocenters. The standard InChI is InChI=1S/C12H8NO2P/c14-11-8-5-1-3-7-4-2-6-9(10(7)8)12(15)13(11)16/h1-6H,16H2. The van der Waals surface area contributed by atoms with Gasteiger partial charge in [-0.05, 0) is 26.9 Å². The Morgan fingerprint density at radius 2 is 1.38 bits per heavy atom. The quantitative estimate of drug-likeness (QED) is 0.513. The second-order valence-corrected chi connectivity index (χ2v) is 4.21. The van der Waals surface area contributed by atoms with E-state index in [9.17, 15) is 9.59 Å². The zero-order valence-electron chi connectivity index (χ0n) is 8.31. The summed E-state index contributed by atoms with van der Waals surface area (Å²) in [5, 5.41) is 1.69. The van der Waals surface area contributed by atoms with Crippen molar-refractivity contribution in [3.8, 4) is 0 Å². The smallest absolute Gasteiger partial charge is 0.264 e. The highest BCUT2D eigenvalue weighted by atomic mass is 31.0. The number of carbonyl (C=O) groups excluding carboxylic acids is 2. The topological polar surface area (TPSA) is 37.4 Å². The Morgan fingerprint density at radius 3 is 1.88 bits per heavy atom. The van der Waals surface area contributed by atoms with Crippen LogP contribution in [0.4, 0.5) is 0 Å². The van der Waals surface area contributed by atoms with Gasteiger partial charge in [0.15, 0.2) is 0 Å². The van der Waals surface area contributed by atoms with E-state index < -0.39 is 0 Å². The van der Waals surface area contributed by atoms with Crippen LogP contribution in [-0.2, 0) is 0 Å². The molecule has 0 fully saturated rings. The van der Waals surface area contributed by atoms with E-state index in [2.05, 4.69) is 9.39 Å². The first-order valence-corrected chi connectivity index (χ1v) is 5.37. The molecule has 0 spiro atoms. The number of hydrogen-bond acceptors (Lipinski definition) is 2. The van der Waals surface area contributed by atoms with Gasteiger partial charge in [-0.3, -0.25) is 14.3 Å². The molecule has 1 aliphatic rings. The van der Waals surface area contributed by atoms with Crippen LogP contribution >= 0.6 is 9.39 Å². The zero-order valence-corrected chi connectivity index (χ0v) is 9.46. The van der Waals surface area contributed by atoms with Crippen LogP contribution < -0.4 is 0 Å². The van der Waals surface area contributed by atoms with E-state index >= 15 is 0 Å². The lowest BCUT2D eigenvalue weighted by Gasteiger charge is -2.23. The summed E-state index contributed by atoms with van der Waals surface area (Å²) in [5.41, 5.74) is 1.17. The van der Waals surface area contributed by atoms with Crippen molar-refractivity contribution >= 4 is 32.0 Å². The molecular formula is C12H8NO2P. The molecule has 0 saturated carbocycles. The second kappa shape index (κ2) is 3.13. The van der Waals surface area contributed by atoms with E-state index in [1.807, 2.05) is 24.3 Å². The van der Waals surface area contributed by atoms with Crippen molar-refractivity contribution in [1.82, 2.24) is 4.67 Å². The van der Waals surface area contributed by atoms with Gasteiger partial charge in [-0.25, -0.2) is 0 Å². The van der Waals surface area contributed by atoms with Crippen molar-refractivity contribution < 1.29 is 9.59 Å². The minimum absolute atomic E-state index is 0.265. The summed E-state index contributed by atoms with van der Waals surface area (Å²) in [4.78, 5) is 23.8. The van der Waals surface area contributed by atoms with E-state index in [1.165, 1.54) is 0 Å². The number of rotatable bonds is 0. The number of imide groups is 1. The zero-order chi connectivity index (χ0) is 11.3. The third-order valence-corrected chi connectivity index (χ3v) is 3.27. The average Bonchev–Trinajstić information content (AvgIpc) is 2.33. The van der Waals surface area contributed by atoms with Gasteiger partial charge in [0.1, 0.15) is 0 Å². The molecule has 78 valence electrons. The van der Waals surface area contributed by atoms with Gasteiger partial charge < -0.3 is 0 Å². The third-order valence-electron chi connectivity index (χ3n) is 2.80. The highest BCUT2D eigenvalue weighted by Crippen LogP contribution is 2.30. The molecule has 2 amide bonds. The predicted octanol–water partition coefficient (Wildman–Crippen LogP) is 2.23. The first kappa shape index (κ1) is 9.49. The second-order valence-electron chi connectivity index (χ2n) is 3.69. The predicted molar refractivity (Wildman–Crippen MR) is 64.2 cm³/mol. The molecule has 1 aliphatic heterocycles. The van der Waals surface area contributed by atoms with Crippen LogP contribution in [0.3, 0.4) is 0 Å². The molecule has 1 unspecified atom stereocenters. The van der Waals surface area contributed by atoms with Gasteiger partial charge in [0.2, 0.25) is 0 Å². The normalized spacial score (nSPS) is 14.7. The Kier molecular flexibility index (Phi) is 1.86. The highest BCUT2D eigenvalue weighted by Gasteiger charge is 2.29. The summed E-state index contributed by atoms with van der Waals surface area (Å²) in [7, 11) is 2.17. The lowest BCUT2D eigenvalue weighted by molar-refractivity contribution is 0.0736. The molecular weight excluding hydrogens is 221 g/mol. The van der Waals surface area contributed by atoms with Crippen molar-refractivity contribution in [3.05, 3.63) is 47.5 Å². The van der Waals surface area contributed by atoms with Crippen LogP contribution in [0.1, 0.15) is 20.7 Å². The maximum absolute atomic E-state index is 11.9. The summed E-state index contributed by atoms with van der Waals surface area (Å²) in [5.74, 6) is -0.529. The molecule has 4 heteroatoms. The number of nitrogens with zero attached hydrogens (tertiary/aromatic N) is 1. The summed E-state index contributed by atoms with van der Waals surface area (Å²) < 4.78 is 1.08. The van der Waals surface area contributed by atoms with Gasteiger partial charge in [0.05, 0.1) is 0 Å². The third kappa shape index (κ3) is 1.06. The lowest BCUT2D eigenvalue weighted by Crippen LogP contribution is -2.32. The fourth-order valence-electron chi connectivity index (χ4n) is 2.05. The summed E-state index contributed by atoms with van der Waals surface area (Å²) in [6.45, 7) is 0. The number of carbonyl (C=O) groups is 2. The largest absolute Gasteiger partial charge is 0.268 e. The Morgan fingerprint density at radius 1 is 0.875 bits per heavy atom. The maximum atomic E-state index is 11.9. The minimum atomic E-state index is -0.265. The Bertz CT molecular complexity index is 585. The van der Waals surface area contributed by atoms with Crippen molar-refractivity contribution in [1.29, 1.82) is 0 Å². The van der Waals surface area contributed by atoms with Crippen LogP contribution in [-0.4, -0.2) is 16.5 Å². The first-order valence-electron chi connectivity index (χ1n) is 4.85. The lowest BCUT2D eigenvalue weighted by atomic mass is 9.95. The molecule has 3 nitrogen and oxygen atoms in total. The van der Waals surface area contributed by atoms with Gasteiger partial charge in [0, 0.05) is 16.5 Å². The van der Waals surface area contributed by atoms with Gasteiger partial charge in [-0.15, -0.1) is 0 Å². The molecule has 16 heavy (non-hydrogen) atoms. The van der Waals surface area contributed by atoms with Crippen LogP contribution in [0.2, 0.25) is 0 Å². The molecule has 3 rings (SSSR count). The molecule has 0 aliphatic carbocycles. The summed E-state index contributed by atoms with van der Waals surface area (Å²) >= 11 is 0. The average molecular weight is 229 g/mol. The maximum Gasteiger partial charge on any atom is 0.264 e. The van der Waals surface area contributed by atoms with Crippen molar-refractivity contribution in [2.45, 2.75) is 0 Å². The Balaban J connectivity index is 2.52. The van der Waals surface area contributed by atoms with Crippen LogP contribution in [0.25, 0.3) is 10.8 Å². The summed E-state index contributed by atoms with van der Waals surface area (Å²) in [6, 6.07) is 11.0. The van der Waals surface area contributed by atoms with Crippen molar-refractivity contribution in [2.75, 3.05) is 0 Å². The SMILES string of the molecule is O=C1c2cccc3cccc(c23)C(=O)N1P. The molecule has 1 heterocycles. The number of hydrogen-bond donors (Lipinski definition) is 0. The number of amides is 2. The molecule has 0 radical (unpaired) electrons. The van der Waals surface area contributed by atoms with E-state index in [4.69, 9.17) is 0 Å². The highest BCUT2D eigenvalue weighted by molar-refractivity contribution is 7.16.